The number of aliphatic hydroxyl groups excluding tert-OH is 1. The Morgan fingerprint density at radius 2 is 2.40 bits per heavy atom. The van der Waals surface area contributed by atoms with Crippen LogP contribution in [0, 0.1) is 0 Å². The Morgan fingerprint density at radius 1 is 1.67 bits per heavy atom. The molecule has 1 unspecified atom stereocenters. The van der Waals surface area contributed by atoms with Gasteiger partial charge in [0, 0.05) is 0 Å². The maximum absolute atomic E-state index is 11.4. The molecule has 1 saturated heterocycles. The van der Waals surface area contributed by atoms with Crippen LogP contribution in [0.3, 0.4) is 0 Å². The van der Waals surface area contributed by atoms with E-state index in [9.17, 15) is 4.79 Å². The minimum Gasteiger partial charge on any atom is -0.468 e. The van der Waals surface area contributed by atoms with Crippen LogP contribution in [0.15, 0.2) is 0 Å². The van der Waals surface area contributed by atoms with Gasteiger partial charge in [-0.15, -0.1) is 0 Å². The third-order valence-electron chi connectivity index (χ3n) is 2.90. The Kier molecular flexibility index (Phi) is 5.05. The van der Waals surface area contributed by atoms with Gasteiger partial charge >= 0.3 is 5.97 Å². The van der Waals surface area contributed by atoms with Gasteiger partial charge in [-0.2, -0.15) is 0 Å². The van der Waals surface area contributed by atoms with Crippen LogP contribution in [0.5, 0.6) is 0 Å². The van der Waals surface area contributed by atoms with Gasteiger partial charge in [0.15, 0.2) is 0 Å². The van der Waals surface area contributed by atoms with Gasteiger partial charge in [0.2, 0.25) is 0 Å². The van der Waals surface area contributed by atoms with E-state index in [1.165, 1.54) is 7.11 Å². The number of rotatable bonds is 5. The smallest absolute Gasteiger partial charge is 0.323 e. The molecule has 4 heteroatoms. The summed E-state index contributed by atoms with van der Waals surface area (Å²) >= 11 is 0. The number of likely N-dealkylation sites (tertiary alicyclic amines) is 1. The summed E-state index contributed by atoms with van der Waals surface area (Å²) in [6.07, 6.45) is 3.45. The first-order valence-electron chi connectivity index (χ1n) is 5.65. The molecule has 1 aliphatic heterocycles. The van der Waals surface area contributed by atoms with Gasteiger partial charge in [-0.1, -0.05) is 0 Å². The van der Waals surface area contributed by atoms with Crippen molar-refractivity contribution in [3.8, 4) is 0 Å². The van der Waals surface area contributed by atoms with Gasteiger partial charge in [-0.05, 0) is 45.7 Å². The highest BCUT2D eigenvalue weighted by molar-refractivity contribution is 5.75. The molecular weight excluding hydrogens is 194 g/mol. The standard InChI is InChI=1S/C11H21NO3/c1-9(13)5-3-7-12-8-4-6-10(12)11(14)15-2/h9-10,13H,3-8H2,1-2H3/t9?,10-/m0/s1. The summed E-state index contributed by atoms with van der Waals surface area (Å²) in [6.45, 7) is 3.64. The van der Waals surface area contributed by atoms with Gasteiger partial charge < -0.3 is 9.84 Å². The van der Waals surface area contributed by atoms with Gasteiger partial charge in [-0.3, -0.25) is 9.69 Å². The van der Waals surface area contributed by atoms with Crippen LogP contribution in [0.25, 0.3) is 0 Å². The number of aliphatic hydroxyl groups is 1. The lowest BCUT2D eigenvalue weighted by Crippen LogP contribution is -2.37. The molecule has 4 nitrogen and oxygen atoms in total. The van der Waals surface area contributed by atoms with E-state index >= 15 is 0 Å². The highest BCUT2D eigenvalue weighted by atomic mass is 16.5. The van der Waals surface area contributed by atoms with Crippen molar-refractivity contribution >= 4 is 5.97 Å². The molecule has 1 N–H and O–H groups in total. The molecule has 0 radical (unpaired) electrons. The van der Waals surface area contributed by atoms with Crippen molar-refractivity contribution in [2.24, 2.45) is 0 Å². The fourth-order valence-corrected chi connectivity index (χ4v) is 2.09. The molecule has 0 spiro atoms. The Hall–Kier alpha value is -0.610. The number of nitrogens with zero attached hydrogens (tertiary/aromatic N) is 1. The Balaban J connectivity index is 2.30. The zero-order valence-corrected chi connectivity index (χ0v) is 9.61. The van der Waals surface area contributed by atoms with Crippen molar-refractivity contribution in [2.75, 3.05) is 20.2 Å². The van der Waals surface area contributed by atoms with Crippen LogP contribution >= 0.6 is 0 Å². The number of carbonyl (C=O) groups is 1. The van der Waals surface area contributed by atoms with E-state index in [4.69, 9.17) is 9.84 Å². The van der Waals surface area contributed by atoms with Gasteiger partial charge in [0.1, 0.15) is 6.04 Å². The van der Waals surface area contributed by atoms with Gasteiger partial charge in [0.25, 0.3) is 0 Å². The molecule has 0 bridgehead atoms. The monoisotopic (exact) mass is 215 g/mol. The Bertz CT molecular complexity index is 206. The predicted molar refractivity (Wildman–Crippen MR) is 57.5 cm³/mol. The van der Waals surface area contributed by atoms with Crippen LogP contribution in [0.4, 0.5) is 0 Å². The molecule has 0 amide bonds. The Morgan fingerprint density at radius 3 is 3.00 bits per heavy atom. The lowest BCUT2D eigenvalue weighted by atomic mass is 10.2. The van der Waals surface area contributed by atoms with E-state index < -0.39 is 0 Å². The summed E-state index contributed by atoms with van der Waals surface area (Å²) in [5.41, 5.74) is 0. The molecule has 0 aromatic heterocycles. The number of ether oxygens (including phenoxy) is 1. The quantitative estimate of drug-likeness (QED) is 0.689. The molecule has 2 atom stereocenters. The number of esters is 1. The average Bonchev–Trinajstić information content (AvgIpc) is 2.64. The molecule has 0 aromatic rings. The second kappa shape index (κ2) is 6.08. The zero-order chi connectivity index (χ0) is 11.3. The first-order valence-corrected chi connectivity index (χ1v) is 5.65. The average molecular weight is 215 g/mol. The maximum atomic E-state index is 11.4. The topological polar surface area (TPSA) is 49.8 Å². The molecule has 1 rings (SSSR count). The lowest BCUT2D eigenvalue weighted by molar-refractivity contribution is -0.145. The summed E-state index contributed by atoms with van der Waals surface area (Å²) in [5.74, 6) is -0.121. The van der Waals surface area contributed by atoms with Crippen molar-refractivity contribution in [1.82, 2.24) is 4.90 Å². The number of carbonyl (C=O) groups excluding carboxylic acids is 1. The van der Waals surface area contributed by atoms with Crippen molar-refractivity contribution in [1.29, 1.82) is 0 Å². The van der Waals surface area contributed by atoms with Crippen LogP contribution in [0.2, 0.25) is 0 Å². The zero-order valence-electron chi connectivity index (χ0n) is 9.61. The van der Waals surface area contributed by atoms with Gasteiger partial charge in [-0.25, -0.2) is 0 Å². The number of hydrogen-bond acceptors (Lipinski definition) is 4. The number of hydrogen-bond donors (Lipinski definition) is 1. The third-order valence-corrected chi connectivity index (χ3v) is 2.90. The summed E-state index contributed by atoms with van der Waals surface area (Å²) in [7, 11) is 1.44. The fourth-order valence-electron chi connectivity index (χ4n) is 2.09. The minimum atomic E-state index is -0.246. The summed E-state index contributed by atoms with van der Waals surface area (Å²) in [5, 5.41) is 9.14. The highest BCUT2D eigenvalue weighted by Crippen LogP contribution is 2.18. The van der Waals surface area contributed by atoms with Crippen LogP contribution in [0.1, 0.15) is 32.6 Å². The van der Waals surface area contributed by atoms with Crippen molar-refractivity contribution in [3.63, 3.8) is 0 Å². The van der Waals surface area contributed by atoms with E-state index in [0.717, 1.165) is 38.8 Å². The molecule has 0 saturated carbocycles. The molecule has 1 aliphatic rings. The second-order valence-corrected chi connectivity index (χ2v) is 4.21. The van der Waals surface area contributed by atoms with E-state index in [2.05, 4.69) is 4.90 Å². The van der Waals surface area contributed by atoms with Crippen molar-refractivity contribution in [2.45, 2.75) is 44.8 Å². The van der Waals surface area contributed by atoms with Crippen molar-refractivity contribution < 1.29 is 14.6 Å². The molecule has 15 heavy (non-hydrogen) atoms. The normalized spacial score (nSPS) is 24.1. The third kappa shape index (κ3) is 3.80. The second-order valence-electron chi connectivity index (χ2n) is 4.21. The molecule has 1 heterocycles. The SMILES string of the molecule is COC(=O)[C@@H]1CCCN1CCCC(C)O. The molecule has 1 fully saturated rings. The molecule has 0 aromatic carbocycles. The summed E-state index contributed by atoms with van der Waals surface area (Å²) in [4.78, 5) is 13.6. The highest BCUT2D eigenvalue weighted by Gasteiger charge is 2.30. The first-order chi connectivity index (χ1) is 7.15. The molecule has 88 valence electrons. The number of methoxy groups -OCH3 is 1. The largest absolute Gasteiger partial charge is 0.468 e. The predicted octanol–water partition coefficient (Wildman–Crippen LogP) is 0.785. The van der Waals surface area contributed by atoms with E-state index in [1.54, 1.807) is 6.92 Å². The molecule has 0 aliphatic carbocycles. The maximum Gasteiger partial charge on any atom is 0.323 e. The van der Waals surface area contributed by atoms with Crippen LogP contribution in [-0.2, 0) is 9.53 Å². The Labute approximate surface area is 91.2 Å². The van der Waals surface area contributed by atoms with E-state index in [-0.39, 0.29) is 18.1 Å². The lowest BCUT2D eigenvalue weighted by Gasteiger charge is -2.22. The van der Waals surface area contributed by atoms with E-state index in [0.29, 0.717) is 0 Å². The fraction of sp³-hybridized carbons (Fsp3) is 0.909. The van der Waals surface area contributed by atoms with Gasteiger partial charge in [0.05, 0.1) is 13.2 Å². The van der Waals surface area contributed by atoms with Crippen molar-refractivity contribution in [3.05, 3.63) is 0 Å². The van der Waals surface area contributed by atoms with Crippen LogP contribution in [-0.4, -0.2) is 48.3 Å². The van der Waals surface area contributed by atoms with Crippen LogP contribution < -0.4 is 0 Å². The minimum absolute atomic E-state index is 0.0519. The summed E-state index contributed by atoms with van der Waals surface area (Å²) < 4.78 is 4.76. The molecular formula is C11H21NO3. The first kappa shape index (κ1) is 12.5. The van der Waals surface area contributed by atoms with E-state index in [1.807, 2.05) is 0 Å². The summed E-state index contributed by atoms with van der Waals surface area (Å²) in [6, 6.07) is -0.0519.